The summed E-state index contributed by atoms with van der Waals surface area (Å²) < 4.78 is 0.850. The van der Waals surface area contributed by atoms with E-state index in [0.29, 0.717) is 0 Å². The van der Waals surface area contributed by atoms with Crippen molar-refractivity contribution in [1.29, 1.82) is 0 Å². The highest BCUT2D eigenvalue weighted by molar-refractivity contribution is 9.10. The largest absolute Gasteiger partial charge is 0.289 e. The van der Waals surface area contributed by atoms with E-state index in [1.807, 2.05) is 39.0 Å². The van der Waals surface area contributed by atoms with Crippen LogP contribution < -0.4 is 0 Å². The molecule has 2 aromatic rings. The molecule has 0 amide bonds. The number of hydrogen-bond donors (Lipinski definition) is 0. The molecule has 0 aliphatic heterocycles. The van der Waals surface area contributed by atoms with Crippen molar-refractivity contribution in [2.75, 3.05) is 0 Å². The van der Waals surface area contributed by atoms with Crippen molar-refractivity contribution in [3.63, 3.8) is 0 Å². The van der Waals surface area contributed by atoms with E-state index in [2.05, 4.69) is 35.0 Å². The molecule has 0 bridgehead atoms. The monoisotopic (exact) mass is 316 g/mol. The molecular weight excluding hydrogens is 300 g/mol. The van der Waals surface area contributed by atoms with Gasteiger partial charge in [0.05, 0.1) is 0 Å². The maximum Gasteiger partial charge on any atom is 0.194 e. The van der Waals surface area contributed by atoms with E-state index in [9.17, 15) is 4.79 Å². The number of halogens is 1. The second-order valence-corrected chi connectivity index (χ2v) is 5.94. The summed E-state index contributed by atoms with van der Waals surface area (Å²) >= 11 is 3.47. The number of carbonyl (C=O) groups is 1. The lowest BCUT2D eigenvalue weighted by molar-refractivity contribution is 0.103. The molecule has 0 heterocycles. The molecular formula is C17H17BrO. The predicted molar refractivity (Wildman–Crippen MR) is 83.0 cm³/mol. The predicted octanol–water partition coefficient (Wildman–Crippen LogP) is 4.91. The molecule has 0 spiro atoms. The Hall–Kier alpha value is -1.41. The third kappa shape index (κ3) is 2.79. The second kappa shape index (κ2) is 5.30. The summed E-state index contributed by atoms with van der Waals surface area (Å²) in [6, 6.07) is 9.98. The van der Waals surface area contributed by atoms with Crippen molar-refractivity contribution < 1.29 is 4.79 Å². The maximum atomic E-state index is 12.7. The average Bonchev–Trinajstić information content (AvgIpc) is 2.30. The highest BCUT2D eigenvalue weighted by atomic mass is 79.9. The molecule has 0 aliphatic carbocycles. The Morgan fingerprint density at radius 1 is 0.895 bits per heavy atom. The third-order valence-electron chi connectivity index (χ3n) is 3.27. The summed E-state index contributed by atoms with van der Waals surface area (Å²) in [7, 11) is 0. The highest BCUT2D eigenvalue weighted by Crippen LogP contribution is 2.25. The van der Waals surface area contributed by atoms with Gasteiger partial charge < -0.3 is 0 Å². The number of hydrogen-bond acceptors (Lipinski definition) is 1. The molecule has 0 radical (unpaired) electrons. The van der Waals surface area contributed by atoms with Crippen molar-refractivity contribution in [3.05, 3.63) is 68.2 Å². The van der Waals surface area contributed by atoms with Gasteiger partial charge >= 0.3 is 0 Å². The molecule has 0 saturated carbocycles. The molecule has 0 aromatic heterocycles. The summed E-state index contributed by atoms with van der Waals surface area (Å²) in [5.74, 6) is 0.0885. The van der Waals surface area contributed by atoms with Gasteiger partial charge in [-0.3, -0.25) is 4.79 Å². The minimum atomic E-state index is 0.0885. The molecule has 2 rings (SSSR count). The van der Waals surface area contributed by atoms with Crippen molar-refractivity contribution in [2.45, 2.75) is 27.7 Å². The van der Waals surface area contributed by atoms with Crippen LogP contribution >= 0.6 is 15.9 Å². The zero-order valence-corrected chi connectivity index (χ0v) is 13.3. The number of benzene rings is 2. The Kier molecular flexibility index (Phi) is 3.91. The maximum absolute atomic E-state index is 12.7. The highest BCUT2D eigenvalue weighted by Gasteiger charge is 2.17. The fourth-order valence-electron chi connectivity index (χ4n) is 2.49. The topological polar surface area (TPSA) is 17.1 Å². The second-order valence-electron chi connectivity index (χ2n) is 5.09. The molecule has 0 unspecified atom stereocenters. The van der Waals surface area contributed by atoms with Crippen LogP contribution in [0.1, 0.15) is 38.2 Å². The van der Waals surface area contributed by atoms with Crippen molar-refractivity contribution in [2.24, 2.45) is 0 Å². The minimum Gasteiger partial charge on any atom is -0.289 e. The summed E-state index contributed by atoms with van der Waals surface area (Å²) in [5.41, 5.74) is 5.91. The molecule has 0 aliphatic rings. The fourth-order valence-corrected chi connectivity index (χ4v) is 2.91. The Morgan fingerprint density at radius 3 is 2.05 bits per heavy atom. The van der Waals surface area contributed by atoms with Crippen LogP contribution in [0.2, 0.25) is 0 Å². The van der Waals surface area contributed by atoms with Crippen LogP contribution in [0.15, 0.2) is 34.8 Å². The van der Waals surface area contributed by atoms with E-state index < -0.39 is 0 Å². The van der Waals surface area contributed by atoms with Crippen molar-refractivity contribution >= 4 is 21.7 Å². The Labute approximate surface area is 122 Å². The summed E-state index contributed by atoms with van der Waals surface area (Å²) in [6.07, 6.45) is 0. The number of aryl methyl sites for hydroxylation is 4. The zero-order chi connectivity index (χ0) is 14.2. The van der Waals surface area contributed by atoms with Gasteiger partial charge in [0, 0.05) is 15.6 Å². The fraction of sp³-hybridized carbons (Fsp3) is 0.235. The van der Waals surface area contributed by atoms with Crippen LogP contribution in [0.5, 0.6) is 0 Å². The van der Waals surface area contributed by atoms with Gasteiger partial charge in [0.25, 0.3) is 0 Å². The molecule has 0 fully saturated rings. The summed E-state index contributed by atoms with van der Waals surface area (Å²) in [6.45, 7) is 8.04. The van der Waals surface area contributed by atoms with E-state index >= 15 is 0 Å². The SMILES string of the molecule is Cc1cc(C)c(C(=O)c2cc(C)ccc2Br)c(C)c1. The van der Waals surface area contributed by atoms with Gasteiger partial charge in [0.1, 0.15) is 0 Å². The van der Waals surface area contributed by atoms with Gasteiger partial charge in [-0.05, 0) is 51.0 Å². The standard InChI is InChI=1S/C17H17BrO/c1-10-5-6-15(18)14(9-10)17(19)16-12(3)7-11(2)8-13(16)4/h5-9H,1-4H3. The first-order chi connectivity index (χ1) is 8.90. The van der Waals surface area contributed by atoms with Gasteiger partial charge in [0.2, 0.25) is 0 Å². The van der Waals surface area contributed by atoms with Gasteiger partial charge in [0.15, 0.2) is 5.78 Å². The minimum absolute atomic E-state index is 0.0885. The van der Waals surface area contributed by atoms with E-state index in [1.165, 1.54) is 5.56 Å². The number of rotatable bonds is 2. The van der Waals surface area contributed by atoms with E-state index in [1.54, 1.807) is 0 Å². The van der Waals surface area contributed by atoms with Gasteiger partial charge in [-0.1, -0.05) is 45.3 Å². The smallest absolute Gasteiger partial charge is 0.194 e. The van der Waals surface area contributed by atoms with Crippen LogP contribution in [0.25, 0.3) is 0 Å². The first kappa shape index (κ1) is 14.0. The molecule has 0 saturated heterocycles. The molecule has 2 heteroatoms. The normalized spacial score (nSPS) is 10.6. The lowest BCUT2D eigenvalue weighted by atomic mass is 9.93. The van der Waals surface area contributed by atoms with E-state index in [4.69, 9.17) is 0 Å². The molecule has 0 N–H and O–H groups in total. The first-order valence-electron chi connectivity index (χ1n) is 6.29. The van der Waals surface area contributed by atoms with E-state index in [0.717, 1.165) is 32.3 Å². The van der Waals surface area contributed by atoms with Crippen LogP contribution in [0, 0.1) is 27.7 Å². The van der Waals surface area contributed by atoms with Crippen LogP contribution in [-0.4, -0.2) is 5.78 Å². The van der Waals surface area contributed by atoms with Gasteiger partial charge in [-0.25, -0.2) is 0 Å². The Morgan fingerprint density at radius 2 is 1.47 bits per heavy atom. The Balaban J connectivity index is 2.59. The molecule has 1 nitrogen and oxygen atoms in total. The quantitative estimate of drug-likeness (QED) is 0.719. The van der Waals surface area contributed by atoms with Gasteiger partial charge in [-0.2, -0.15) is 0 Å². The Bertz CT molecular complexity index is 633. The number of ketones is 1. The van der Waals surface area contributed by atoms with Crippen LogP contribution in [0.3, 0.4) is 0 Å². The molecule has 19 heavy (non-hydrogen) atoms. The number of carbonyl (C=O) groups excluding carboxylic acids is 1. The lowest BCUT2D eigenvalue weighted by Gasteiger charge is -2.12. The summed E-state index contributed by atoms with van der Waals surface area (Å²) in [5, 5.41) is 0. The van der Waals surface area contributed by atoms with E-state index in [-0.39, 0.29) is 5.78 Å². The van der Waals surface area contributed by atoms with Gasteiger partial charge in [-0.15, -0.1) is 0 Å². The zero-order valence-electron chi connectivity index (χ0n) is 11.7. The lowest BCUT2D eigenvalue weighted by Crippen LogP contribution is -2.08. The summed E-state index contributed by atoms with van der Waals surface area (Å²) in [4.78, 5) is 12.7. The van der Waals surface area contributed by atoms with Crippen molar-refractivity contribution in [1.82, 2.24) is 0 Å². The molecule has 98 valence electrons. The van der Waals surface area contributed by atoms with Crippen molar-refractivity contribution in [3.8, 4) is 0 Å². The van der Waals surface area contributed by atoms with Crippen LogP contribution in [-0.2, 0) is 0 Å². The third-order valence-corrected chi connectivity index (χ3v) is 3.96. The average molecular weight is 317 g/mol. The molecule has 2 aromatic carbocycles. The van der Waals surface area contributed by atoms with Crippen LogP contribution in [0.4, 0.5) is 0 Å². The molecule has 0 atom stereocenters. The first-order valence-corrected chi connectivity index (χ1v) is 7.08.